The highest BCUT2D eigenvalue weighted by atomic mass is 19.1. The molecule has 0 saturated carbocycles. The molecule has 7 heteroatoms. The van der Waals surface area contributed by atoms with Crippen molar-refractivity contribution < 1.29 is 8.78 Å². The number of hydrogen-bond donors (Lipinski definition) is 0. The van der Waals surface area contributed by atoms with E-state index >= 15 is 0 Å². The Morgan fingerprint density at radius 1 is 1.00 bits per heavy atom. The molecule has 0 radical (unpaired) electrons. The number of hydrogen-bond acceptors (Lipinski definition) is 4. The van der Waals surface area contributed by atoms with Crippen LogP contribution in [0.3, 0.4) is 0 Å². The Morgan fingerprint density at radius 2 is 1.82 bits per heavy atom. The van der Waals surface area contributed by atoms with Crippen LogP contribution in [0.4, 0.5) is 14.7 Å². The molecule has 4 heterocycles. The lowest BCUT2D eigenvalue weighted by Crippen LogP contribution is -2.61. The summed E-state index contributed by atoms with van der Waals surface area (Å²) in [6.45, 7) is 4.94. The van der Waals surface area contributed by atoms with Gasteiger partial charge in [0.1, 0.15) is 5.82 Å². The van der Waals surface area contributed by atoms with Crippen LogP contribution in [0.15, 0.2) is 42.9 Å². The molecule has 0 bridgehead atoms. The fraction of sp³-hybridized carbons (Fsp3) is 0.429. The molecule has 0 N–H and O–H groups in total. The predicted octanol–water partition coefficient (Wildman–Crippen LogP) is 3.62. The molecular weight excluding hydrogens is 360 g/mol. The summed E-state index contributed by atoms with van der Waals surface area (Å²) in [6, 6.07) is 8.10. The number of benzene rings is 1. The van der Waals surface area contributed by atoms with E-state index in [4.69, 9.17) is 0 Å². The van der Waals surface area contributed by atoms with Crippen LogP contribution in [0.1, 0.15) is 25.8 Å². The summed E-state index contributed by atoms with van der Waals surface area (Å²) < 4.78 is 29.0. The van der Waals surface area contributed by atoms with E-state index in [1.165, 1.54) is 18.5 Å². The van der Waals surface area contributed by atoms with Gasteiger partial charge < -0.3 is 9.47 Å². The number of piperazine rings is 1. The fourth-order valence-corrected chi connectivity index (χ4v) is 4.91. The molecule has 146 valence electrons. The van der Waals surface area contributed by atoms with Crippen LogP contribution < -0.4 is 4.90 Å². The summed E-state index contributed by atoms with van der Waals surface area (Å²) in [5, 5.41) is 0.953. The van der Waals surface area contributed by atoms with Gasteiger partial charge in [-0.3, -0.25) is 4.90 Å². The molecule has 1 unspecified atom stereocenters. The third-order valence-corrected chi connectivity index (χ3v) is 6.33. The van der Waals surface area contributed by atoms with Crippen LogP contribution in [-0.4, -0.2) is 51.2 Å². The zero-order valence-electron chi connectivity index (χ0n) is 15.8. The molecule has 3 atom stereocenters. The lowest BCUT2D eigenvalue weighted by molar-refractivity contribution is 0.0767. The molecule has 0 aliphatic carbocycles. The molecule has 28 heavy (non-hydrogen) atoms. The van der Waals surface area contributed by atoms with E-state index in [0.29, 0.717) is 18.0 Å². The first-order valence-electron chi connectivity index (χ1n) is 9.84. The van der Waals surface area contributed by atoms with Crippen LogP contribution in [0.2, 0.25) is 0 Å². The zero-order chi connectivity index (χ0) is 19.3. The van der Waals surface area contributed by atoms with Gasteiger partial charge in [-0.25, -0.2) is 18.7 Å². The lowest BCUT2D eigenvalue weighted by atomic mass is 9.90. The van der Waals surface area contributed by atoms with Crippen molar-refractivity contribution in [1.82, 2.24) is 19.4 Å². The Hall–Kier alpha value is -2.54. The van der Waals surface area contributed by atoms with E-state index in [-0.39, 0.29) is 11.9 Å². The average Bonchev–Trinajstić information content (AvgIpc) is 3.12. The molecule has 2 saturated heterocycles. The van der Waals surface area contributed by atoms with Gasteiger partial charge in [0.25, 0.3) is 0 Å². The molecule has 2 aliphatic heterocycles. The maximum absolute atomic E-state index is 13.5. The van der Waals surface area contributed by atoms with Gasteiger partial charge in [-0.15, -0.1) is 0 Å². The first kappa shape index (κ1) is 17.6. The summed E-state index contributed by atoms with van der Waals surface area (Å²) in [6.07, 6.45) is 6.70. The van der Waals surface area contributed by atoms with Crippen molar-refractivity contribution in [3.63, 3.8) is 0 Å². The van der Waals surface area contributed by atoms with E-state index in [1.54, 1.807) is 6.07 Å². The average molecular weight is 383 g/mol. The first-order valence-corrected chi connectivity index (χ1v) is 9.84. The minimum Gasteiger partial charge on any atom is -0.343 e. The monoisotopic (exact) mass is 383 g/mol. The topological polar surface area (TPSA) is 37.2 Å². The third kappa shape index (κ3) is 2.94. The number of fused-ring (bicyclic) bond motifs is 2. The predicted molar refractivity (Wildman–Crippen MR) is 104 cm³/mol. The smallest absolute Gasteiger partial charge is 0.225 e. The molecule has 2 aliphatic rings. The van der Waals surface area contributed by atoms with Crippen molar-refractivity contribution in [2.24, 2.45) is 0 Å². The van der Waals surface area contributed by atoms with Gasteiger partial charge in [0.2, 0.25) is 5.95 Å². The van der Waals surface area contributed by atoms with Crippen LogP contribution in [0.5, 0.6) is 0 Å². The fourth-order valence-electron chi connectivity index (χ4n) is 4.91. The lowest BCUT2D eigenvalue weighted by Gasteiger charge is -2.50. The second-order valence-electron chi connectivity index (χ2n) is 7.85. The summed E-state index contributed by atoms with van der Waals surface area (Å²) in [4.78, 5) is 13.1. The number of rotatable bonds is 2. The standard InChI is InChI=1S/C21H23F2N5/c1-14-19-5-3-18(28-7-6-15-10-16(22)2-4-20(15)28)13-26(19)8-9-27(14)21-24-11-17(23)12-25-21/h2,4,6-7,10-12,14,18-19H,3,5,8-9,13H2,1H3/t14?,18-,19+/m1/s1. The number of aromatic nitrogens is 3. The van der Waals surface area contributed by atoms with Crippen molar-refractivity contribution >= 4 is 16.9 Å². The van der Waals surface area contributed by atoms with Gasteiger partial charge >= 0.3 is 0 Å². The molecule has 2 fully saturated rings. The quantitative estimate of drug-likeness (QED) is 0.677. The Bertz CT molecular complexity index is 986. The van der Waals surface area contributed by atoms with E-state index < -0.39 is 5.82 Å². The molecule has 0 spiro atoms. The second kappa shape index (κ2) is 6.81. The largest absolute Gasteiger partial charge is 0.343 e. The first-order chi connectivity index (χ1) is 13.6. The molecule has 3 aromatic rings. The number of nitrogens with zero attached hydrogens (tertiary/aromatic N) is 5. The maximum Gasteiger partial charge on any atom is 0.225 e. The van der Waals surface area contributed by atoms with Crippen molar-refractivity contribution in [3.05, 3.63) is 54.5 Å². The summed E-state index contributed by atoms with van der Waals surface area (Å²) >= 11 is 0. The van der Waals surface area contributed by atoms with E-state index in [2.05, 4.69) is 37.5 Å². The number of halogens is 2. The van der Waals surface area contributed by atoms with E-state index in [0.717, 1.165) is 43.4 Å². The molecular formula is C21H23F2N5. The highest BCUT2D eigenvalue weighted by Crippen LogP contribution is 2.34. The molecule has 2 aromatic heterocycles. The summed E-state index contributed by atoms with van der Waals surface area (Å²) in [7, 11) is 0. The van der Waals surface area contributed by atoms with Gasteiger partial charge in [0.15, 0.2) is 5.82 Å². The number of piperidine rings is 1. The third-order valence-electron chi connectivity index (χ3n) is 6.33. The van der Waals surface area contributed by atoms with Gasteiger partial charge in [0, 0.05) is 54.9 Å². The molecule has 5 rings (SSSR count). The highest BCUT2D eigenvalue weighted by molar-refractivity contribution is 5.80. The normalized spacial score (nSPS) is 25.8. The van der Waals surface area contributed by atoms with Crippen molar-refractivity contribution in [2.45, 2.75) is 37.9 Å². The Morgan fingerprint density at radius 3 is 2.64 bits per heavy atom. The van der Waals surface area contributed by atoms with Crippen LogP contribution >= 0.6 is 0 Å². The second-order valence-corrected chi connectivity index (χ2v) is 7.85. The van der Waals surface area contributed by atoms with Crippen molar-refractivity contribution in [3.8, 4) is 0 Å². The maximum atomic E-state index is 13.5. The summed E-state index contributed by atoms with van der Waals surface area (Å²) in [5.74, 6) is 0.00500. The minimum absolute atomic E-state index is 0.193. The van der Waals surface area contributed by atoms with E-state index in [1.807, 2.05) is 12.1 Å². The van der Waals surface area contributed by atoms with Gasteiger partial charge in [-0.05, 0) is 44.0 Å². The van der Waals surface area contributed by atoms with Crippen LogP contribution in [-0.2, 0) is 0 Å². The zero-order valence-corrected chi connectivity index (χ0v) is 15.8. The Balaban J connectivity index is 1.34. The van der Waals surface area contributed by atoms with Gasteiger partial charge in [-0.1, -0.05) is 0 Å². The van der Waals surface area contributed by atoms with E-state index in [9.17, 15) is 8.78 Å². The van der Waals surface area contributed by atoms with Gasteiger partial charge in [-0.2, -0.15) is 0 Å². The Labute approximate surface area is 162 Å². The van der Waals surface area contributed by atoms with Crippen molar-refractivity contribution in [1.29, 1.82) is 0 Å². The van der Waals surface area contributed by atoms with Crippen LogP contribution in [0, 0.1) is 11.6 Å². The number of anilines is 1. The minimum atomic E-state index is -0.408. The highest BCUT2D eigenvalue weighted by Gasteiger charge is 2.39. The summed E-state index contributed by atoms with van der Waals surface area (Å²) in [5.41, 5.74) is 1.09. The van der Waals surface area contributed by atoms with Gasteiger partial charge in [0.05, 0.1) is 12.4 Å². The Kier molecular flexibility index (Phi) is 4.27. The van der Waals surface area contributed by atoms with Crippen molar-refractivity contribution in [2.75, 3.05) is 24.5 Å². The molecule has 0 amide bonds. The van der Waals surface area contributed by atoms with Crippen LogP contribution in [0.25, 0.3) is 10.9 Å². The SMILES string of the molecule is CC1[C@@H]2CC[C@@H](n3ccc4cc(F)ccc43)CN2CCN1c1ncc(F)cn1. The molecule has 1 aromatic carbocycles. The molecule has 5 nitrogen and oxygen atoms in total.